The summed E-state index contributed by atoms with van der Waals surface area (Å²) in [7, 11) is 0. The molecule has 5 aromatic rings. The molecule has 10 nitrogen and oxygen atoms in total. The van der Waals surface area contributed by atoms with Gasteiger partial charge >= 0.3 is 5.69 Å². The molecule has 2 aromatic carbocycles. The van der Waals surface area contributed by atoms with Gasteiger partial charge in [0, 0.05) is 47.7 Å². The van der Waals surface area contributed by atoms with E-state index in [0.29, 0.717) is 53.5 Å². The summed E-state index contributed by atoms with van der Waals surface area (Å²) in [5.74, 6) is 0.163. The van der Waals surface area contributed by atoms with E-state index in [-0.39, 0.29) is 17.0 Å². The molecule has 0 radical (unpaired) electrons. The Morgan fingerprint density at radius 3 is 2.56 bits per heavy atom. The second-order valence-corrected chi connectivity index (χ2v) is 14.1. The lowest BCUT2D eigenvalue weighted by atomic mass is 10.00. The third-order valence-electron chi connectivity index (χ3n) is 8.24. The highest BCUT2D eigenvalue weighted by molar-refractivity contribution is 7.15. The molecule has 3 aromatic heterocycles. The number of nitrogens with one attached hydrogen (secondary N) is 3. The Balaban J connectivity index is 1.29. The minimum atomic E-state index is -0.502. The van der Waals surface area contributed by atoms with Crippen LogP contribution in [0.15, 0.2) is 58.4 Å². The molecule has 0 bridgehead atoms. The minimum absolute atomic E-state index is 0.0699. The Labute approximate surface area is 288 Å². The molecule has 13 heteroatoms. The summed E-state index contributed by atoms with van der Waals surface area (Å²) >= 11 is 7.92. The van der Waals surface area contributed by atoms with E-state index < -0.39 is 11.5 Å². The van der Waals surface area contributed by atoms with E-state index in [2.05, 4.69) is 51.3 Å². The number of fused-ring (bicyclic) bond motifs is 1. The fourth-order valence-electron chi connectivity index (χ4n) is 5.45. The van der Waals surface area contributed by atoms with Gasteiger partial charge in [-0.2, -0.15) is 4.98 Å². The van der Waals surface area contributed by atoms with E-state index in [1.807, 2.05) is 37.3 Å². The van der Waals surface area contributed by atoms with E-state index in [1.165, 1.54) is 9.44 Å². The van der Waals surface area contributed by atoms with Crippen molar-refractivity contribution in [2.24, 2.45) is 22.4 Å². The smallest absolute Gasteiger partial charge is 0.354 e. The third-order valence-corrected chi connectivity index (χ3v) is 9.55. The summed E-state index contributed by atoms with van der Waals surface area (Å²) in [6.45, 7) is 10.2. The Bertz CT molecular complexity index is 1920. The predicted octanol–water partition coefficient (Wildman–Crippen LogP) is 6.46. The molecule has 0 unspecified atom stereocenters. The number of hydrogen-bond acceptors (Lipinski definition) is 7. The molecule has 0 spiro atoms. The van der Waals surface area contributed by atoms with Crippen LogP contribution in [0.4, 0.5) is 9.52 Å². The number of aromatic amines is 1. The van der Waals surface area contributed by atoms with Crippen LogP contribution in [0.2, 0.25) is 5.02 Å². The highest BCUT2D eigenvalue weighted by Gasteiger charge is 2.16. The maximum Gasteiger partial charge on any atom is 0.354 e. The summed E-state index contributed by atoms with van der Waals surface area (Å²) in [5, 5.41) is 8.64. The lowest BCUT2D eigenvalue weighted by molar-refractivity contribution is 0.503. The topological polar surface area (TPSA) is 152 Å². The predicted molar refractivity (Wildman–Crippen MR) is 196 cm³/mol. The summed E-state index contributed by atoms with van der Waals surface area (Å²) in [4.78, 5) is 30.3. The van der Waals surface area contributed by atoms with Crippen LogP contribution in [0.25, 0.3) is 28.0 Å². The number of thiazole rings is 1. The van der Waals surface area contributed by atoms with Gasteiger partial charge in [0.25, 0.3) is 0 Å². The maximum atomic E-state index is 15.2. The zero-order chi connectivity index (χ0) is 34.4. The number of H-pyrrole nitrogens is 1. The summed E-state index contributed by atoms with van der Waals surface area (Å²) in [6, 6.07) is 13.1. The molecule has 0 fully saturated rings. The Morgan fingerprint density at radius 2 is 1.88 bits per heavy atom. The van der Waals surface area contributed by atoms with Gasteiger partial charge in [0.05, 0.1) is 22.1 Å². The highest BCUT2D eigenvalue weighted by atomic mass is 35.5. The molecule has 3 heterocycles. The molecule has 0 amide bonds. The number of halogens is 2. The largest absolute Gasteiger partial charge is 0.370 e. The van der Waals surface area contributed by atoms with Crippen LogP contribution in [0.3, 0.4) is 0 Å². The quantitative estimate of drug-likeness (QED) is 0.0624. The average molecular weight is 692 g/mol. The molecule has 254 valence electrons. The van der Waals surface area contributed by atoms with Crippen LogP contribution in [0.1, 0.15) is 54.8 Å². The van der Waals surface area contributed by atoms with Crippen LogP contribution in [-0.2, 0) is 13.0 Å². The first kappa shape index (κ1) is 35.1. The van der Waals surface area contributed by atoms with Crippen molar-refractivity contribution < 1.29 is 4.39 Å². The van der Waals surface area contributed by atoms with Crippen molar-refractivity contribution in [1.82, 2.24) is 24.8 Å². The standard InChI is InChI=1S/C35H43ClFN9OS/c1-20(2)6-5-7-24-14-28(31(37)29(36)15-24)30-16-25-19-46(35(47)45-32(25)44-30)27-10-8-23(9-11-27)17-41-26(12-13-40-33(38)39)18-42-34-43-21(3)22(4)48-34/h8-11,14-16,19-20,26,41H,5-7,12-13,17-18H2,1-4H3,(H,42,43)(H4,38,39,40)(H,44,45,47)/t26-/m1/s1. The molecule has 5 rings (SSSR count). The molecule has 48 heavy (non-hydrogen) atoms. The monoisotopic (exact) mass is 691 g/mol. The Hall–Kier alpha value is -4.26. The molecule has 0 aliphatic rings. The molecule has 0 aliphatic carbocycles. The van der Waals surface area contributed by atoms with E-state index in [9.17, 15) is 4.79 Å². The van der Waals surface area contributed by atoms with Crippen molar-refractivity contribution in [2.45, 2.75) is 66.0 Å². The second kappa shape index (κ2) is 15.8. The summed E-state index contributed by atoms with van der Waals surface area (Å²) < 4.78 is 16.7. The van der Waals surface area contributed by atoms with Gasteiger partial charge in [-0.05, 0) is 80.5 Å². The molecule has 0 saturated heterocycles. The molecule has 7 N–H and O–H groups in total. The Morgan fingerprint density at radius 1 is 1.10 bits per heavy atom. The number of nitrogens with zero attached hydrogens (tertiary/aromatic N) is 4. The van der Waals surface area contributed by atoms with Crippen molar-refractivity contribution >= 4 is 45.1 Å². The number of rotatable bonds is 15. The fourth-order valence-corrected chi connectivity index (χ4v) is 6.51. The average Bonchev–Trinajstić information content (AvgIpc) is 3.60. The maximum absolute atomic E-state index is 15.2. The fraction of sp³-hybridized carbons (Fsp3) is 0.371. The van der Waals surface area contributed by atoms with Gasteiger partial charge in [-0.3, -0.25) is 9.56 Å². The van der Waals surface area contributed by atoms with Crippen molar-refractivity contribution in [2.75, 3.05) is 18.4 Å². The molecule has 0 aliphatic heterocycles. The van der Waals surface area contributed by atoms with E-state index in [0.717, 1.165) is 47.6 Å². The van der Waals surface area contributed by atoms with Gasteiger partial charge in [-0.1, -0.05) is 44.0 Å². The highest BCUT2D eigenvalue weighted by Crippen LogP contribution is 2.31. The van der Waals surface area contributed by atoms with Crippen molar-refractivity contribution in [3.05, 3.63) is 91.7 Å². The third kappa shape index (κ3) is 9.00. The number of aryl methyl sites for hydroxylation is 3. The minimum Gasteiger partial charge on any atom is -0.370 e. The first-order chi connectivity index (χ1) is 23.0. The van der Waals surface area contributed by atoms with Crippen LogP contribution in [0, 0.1) is 25.6 Å². The van der Waals surface area contributed by atoms with Crippen molar-refractivity contribution in [3.63, 3.8) is 0 Å². The summed E-state index contributed by atoms with van der Waals surface area (Å²) in [5.41, 5.74) is 15.6. The number of aliphatic imine (C=N–C) groups is 1. The van der Waals surface area contributed by atoms with E-state index in [1.54, 1.807) is 29.7 Å². The molecule has 1 atom stereocenters. The number of nitrogens with two attached hydrogens (primary N) is 2. The zero-order valence-electron chi connectivity index (χ0n) is 27.7. The SMILES string of the molecule is Cc1nc(NC[C@@H](CCN=C(N)N)NCc2ccc(-n3cc4cc(-c5cc(CCCC(C)C)cc(Cl)c5F)[nH]c4nc3=O)cc2)sc1C. The molecular formula is C35H43ClFN9OS. The van der Waals surface area contributed by atoms with Crippen molar-refractivity contribution in [3.8, 4) is 16.9 Å². The van der Waals surface area contributed by atoms with E-state index in [4.69, 9.17) is 23.1 Å². The van der Waals surface area contributed by atoms with Crippen LogP contribution in [-0.4, -0.2) is 44.6 Å². The number of aromatic nitrogens is 4. The Kier molecular flexibility index (Phi) is 11.5. The molecular weight excluding hydrogens is 649 g/mol. The lowest BCUT2D eigenvalue weighted by Gasteiger charge is -2.19. The van der Waals surface area contributed by atoms with Crippen LogP contribution in [0.5, 0.6) is 0 Å². The van der Waals surface area contributed by atoms with Crippen molar-refractivity contribution in [1.29, 1.82) is 0 Å². The van der Waals surface area contributed by atoms with Crippen LogP contribution >= 0.6 is 22.9 Å². The number of anilines is 1. The summed E-state index contributed by atoms with van der Waals surface area (Å²) in [6.07, 6.45) is 5.33. The van der Waals surface area contributed by atoms with Gasteiger partial charge in [-0.15, -0.1) is 11.3 Å². The van der Waals surface area contributed by atoms with Gasteiger partial charge in [0.1, 0.15) is 5.65 Å². The normalized spacial score (nSPS) is 12.1. The van der Waals surface area contributed by atoms with Gasteiger partial charge in [0.2, 0.25) is 0 Å². The molecule has 0 saturated carbocycles. The first-order valence-electron chi connectivity index (χ1n) is 16.1. The second-order valence-electron chi connectivity index (χ2n) is 12.5. The van der Waals surface area contributed by atoms with Gasteiger partial charge in [-0.25, -0.2) is 14.2 Å². The van der Waals surface area contributed by atoms with Crippen LogP contribution < -0.4 is 27.8 Å². The number of benzene rings is 2. The number of hydrogen-bond donors (Lipinski definition) is 5. The van der Waals surface area contributed by atoms with E-state index >= 15 is 4.39 Å². The zero-order valence-corrected chi connectivity index (χ0v) is 29.3. The first-order valence-corrected chi connectivity index (χ1v) is 17.3. The van der Waals surface area contributed by atoms with Gasteiger partial charge in [0.15, 0.2) is 16.9 Å². The van der Waals surface area contributed by atoms with Gasteiger partial charge < -0.3 is 27.1 Å². The number of guanidine groups is 1. The lowest BCUT2D eigenvalue weighted by Crippen LogP contribution is -2.36.